The topological polar surface area (TPSA) is 105 Å². The largest absolute Gasteiger partial charge is 0.493 e. The molecule has 0 unspecified atom stereocenters. The van der Waals surface area contributed by atoms with Crippen LogP contribution in [0.1, 0.15) is 37.8 Å². The Morgan fingerprint density at radius 1 is 0.952 bits per heavy atom. The van der Waals surface area contributed by atoms with Gasteiger partial charge in [0.05, 0.1) is 24.8 Å². The molecular weight excluding hydrogens is 578 g/mol. The van der Waals surface area contributed by atoms with Crippen molar-refractivity contribution in [3.63, 3.8) is 0 Å². The number of carbonyl (C=O) groups excluding carboxylic acids is 2. The molecule has 2 amide bonds. The number of aryl methyl sites for hydroxylation is 1. The van der Waals surface area contributed by atoms with Gasteiger partial charge in [-0.2, -0.15) is 0 Å². The van der Waals surface area contributed by atoms with Crippen LogP contribution in [-0.4, -0.2) is 58.5 Å². The molecule has 3 aromatic rings. The fourth-order valence-electron chi connectivity index (χ4n) is 4.50. The molecule has 1 atom stereocenters. The smallest absolute Gasteiger partial charge is 0.264 e. The highest BCUT2D eigenvalue weighted by atomic mass is 35.5. The summed E-state index contributed by atoms with van der Waals surface area (Å²) in [6.45, 7) is 5.74. The van der Waals surface area contributed by atoms with E-state index in [9.17, 15) is 18.0 Å². The van der Waals surface area contributed by atoms with Gasteiger partial charge >= 0.3 is 0 Å². The summed E-state index contributed by atoms with van der Waals surface area (Å²) >= 11 is 6.10. The van der Waals surface area contributed by atoms with Gasteiger partial charge in [0.15, 0.2) is 11.5 Å². The standard InChI is InChI=1S/C31H38ClN3O6S/c1-6-18-33-31(37)27(7-2)34(20-23-11-9-8-10-22(23)3)30(36)21-35(25-14-12-24(32)13-15-25)42(38,39)26-16-17-28(40-4)29(19-26)41-5/h8-17,19,27H,6-7,18,20-21H2,1-5H3,(H,33,37)/t27-/m0/s1. The quantitative estimate of drug-likeness (QED) is 0.267. The lowest BCUT2D eigenvalue weighted by Crippen LogP contribution is -2.52. The van der Waals surface area contributed by atoms with Crippen LogP contribution in [-0.2, 0) is 26.2 Å². The van der Waals surface area contributed by atoms with Crippen molar-refractivity contribution in [1.82, 2.24) is 10.2 Å². The van der Waals surface area contributed by atoms with Crippen LogP contribution in [0.15, 0.2) is 71.6 Å². The molecule has 0 heterocycles. The zero-order chi connectivity index (χ0) is 30.9. The molecule has 0 radical (unpaired) electrons. The Morgan fingerprint density at radius 3 is 2.21 bits per heavy atom. The summed E-state index contributed by atoms with van der Waals surface area (Å²) in [4.78, 5) is 28.7. The Kier molecular flexibility index (Phi) is 11.6. The molecule has 11 heteroatoms. The minimum Gasteiger partial charge on any atom is -0.493 e. The average Bonchev–Trinajstić information content (AvgIpc) is 2.99. The Bertz CT molecular complexity index is 1480. The van der Waals surface area contributed by atoms with E-state index in [4.69, 9.17) is 21.1 Å². The van der Waals surface area contributed by atoms with Crippen LogP contribution >= 0.6 is 11.6 Å². The third-order valence-corrected chi connectivity index (χ3v) is 8.90. The second-order valence-electron chi connectivity index (χ2n) is 9.67. The lowest BCUT2D eigenvalue weighted by atomic mass is 10.1. The number of benzene rings is 3. The van der Waals surface area contributed by atoms with E-state index in [1.54, 1.807) is 12.1 Å². The lowest BCUT2D eigenvalue weighted by molar-refractivity contribution is -0.140. The van der Waals surface area contributed by atoms with Gasteiger partial charge in [-0.3, -0.25) is 13.9 Å². The molecule has 0 spiro atoms. The van der Waals surface area contributed by atoms with Crippen molar-refractivity contribution < 1.29 is 27.5 Å². The number of nitrogens with zero attached hydrogens (tertiary/aromatic N) is 2. The van der Waals surface area contributed by atoms with Crippen molar-refractivity contribution in [2.45, 2.75) is 51.1 Å². The van der Waals surface area contributed by atoms with E-state index < -0.39 is 28.5 Å². The van der Waals surface area contributed by atoms with Gasteiger partial charge in [-0.1, -0.05) is 49.7 Å². The number of hydrogen-bond donors (Lipinski definition) is 1. The van der Waals surface area contributed by atoms with Gasteiger partial charge in [-0.25, -0.2) is 8.42 Å². The normalized spacial score (nSPS) is 11.9. The van der Waals surface area contributed by atoms with Crippen molar-refractivity contribution in [3.8, 4) is 11.5 Å². The highest BCUT2D eigenvalue weighted by molar-refractivity contribution is 7.92. The van der Waals surface area contributed by atoms with E-state index in [1.165, 1.54) is 49.5 Å². The molecule has 0 saturated carbocycles. The van der Waals surface area contributed by atoms with E-state index in [0.717, 1.165) is 21.9 Å². The van der Waals surface area contributed by atoms with Crippen LogP contribution in [0.2, 0.25) is 5.02 Å². The summed E-state index contributed by atoms with van der Waals surface area (Å²) in [6, 6.07) is 17.2. The number of ether oxygens (including phenoxy) is 2. The summed E-state index contributed by atoms with van der Waals surface area (Å²) in [5, 5.41) is 3.30. The first kappa shape index (κ1) is 32.8. The summed E-state index contributed by atoms with van der Waals surface area (Å²) in [7, 11) is -1.43. The number of nitrogens with one attached hydrogen (secondary N) is 1. The first-order valence-corrected chi connectivity index (χ1v) is 15.5. The molecule has 0 fully saturated rings. The van der Waals surface area contributed by atoms with E-state index in [-0.39, 0.29) is 28.8 Å². The van der Waals surface area contributed by atoms with Gasteiger partial charge in [0.2, 0.25) is 11.8 Å². The summed E-state index contributed by atoms with van der Waals surface area (Å²) in [6.07, 6.45) is 1.08. The fraction of sp³-hybridized carbons (Fsp3) is 0.355. The predicted molar refractivity (Wildman–Crippen MR) is 165 cm³/mol. The molecule has 0 aliphatic heterocycles. The van der Waals surface area contributed by atoms with Crippen LogP contribution in [0.25, 0.3) is 0 Å². The number of amides is 2. The number of halogens is 1. The number of methoxy groups -OCH3 is 2. The Balaban J connectivity index is 2.10. The van der Waals surface area contributed by atoms with Gasteiger partial charge in [0, 0.05) is 24.2 Å². The van der Waals surface area contributed by atoms with Gasteiger partial charge < -0.3 is 19.7 Å². The molecule has 1 N–H and O–H groups in total. The molecule has 3 rings (SSSR count). The minimum absolute atomic E-state index is 0.0962. The number of carbonyl (C=O) groups is 2. The molecule has 0 aliphatic carbocycles. The molecule has 9 nitrogen and oxygen atoms in total. The van der Waals surface area contributed by atoms with Gasteiger partial charge in [0.1, 0.15) is 12.6 Å². The molecule has 0 saturated heterocycles. The summed E-state index contributed by atoms with van der Waals surface area (Å²) in [5.41, 5.74) is 2.04. The Labute approximate surface area is 253 Å². The van der Waals surface area contributed by atoms with Crippen molar-refractivity contribution >= 4 is 39.1 Å². The Hall–Kier alpha value is -3.76. The second kappa shape index (κ2) is 14.9. The van der Waals surface area contributed by atoms with Crippen LogP contribution < -0.4 is 19.1 Å². The number of hydrogen-bond acceptors (Lipinski definition) is 6. The first-order valence-electron chi connectivity index (χ1n) is 13.7. The van der Waals surface area contributed by atoms with Crippen molar-refractivity contribution in [3.05, 3.63) is 82.9 Å². The molecule has 3 aromatic carbocycles. The second-order valence-corrected chi connectivity index (χ2v) is 12.0. The van der Waals surface area contributed by atoms with E-state index in [0.29, 0.717) is 23.7 Å². The maximum absolute atomic E-state index is 14.2. The van der Waals surface area contributed by atoms with Crippen LogP contribution in [0.3, 0.4) is 0 Å². The molecule has 226 valence electrons. The van der Waals surface area contributed by atoms with Crippen molar-refractivity contribution in [2.24, 2.45) is 0 Å². The van der Waals surface area contributed by atoms with Crippen molar-refractivity contribution in [2.75, 3.05) is 31.6 Å². The molecule has 0 aromatic heterocycles. The van der Waals surface area contributed by atoms with Crippen molar-refractivity contribution in [1.29, 1.82) is 0 Å². The fourth-order valence-corrected chi connectivity index (χ4v) is 6.05. The zero-order valence-corrected chi connectivity index (χ0v) is 26.2. The molecular formula is C31H38ClN3O6S. The van der Waals surface area contributed by atoms with Gasteiger partial charge in [-0.05, 0) is 67.3 Å². The highest BCUT2D eigenvalue weighted by Crippen LogP contribution is 2.33. The first-order chi connectivity index (χ1) is 20.1. The third-order valence-electron chi connectivity index (χ3n) is 6.87. The number of rotatable bonds is 14. The van der Waals surface area contributed by atoms with E-state index in [2.05, 4.69) is 5.32 Å². The van der Waals surface area contributed by atoms with E-state index >= 15 is 0 Å². The minimum atomic E-state index is -4.29. The van der Waals surface area contributed by atoms with Gasteiger partial charge in [-0.15, -0.1) is 0 Å². The van der Waals surface area contributed by atoms with Crippen LogP contribution in [0, 0.1) is 6.92 Å². The van der Waals surface area contributed by atoms with E-state index in [1.807, 2.05) is 45.0 Å². The number of sulfonamides is 1. The predicted octanol–water partition coefficient (Wildman–Crippen LogP) is 5.19. The molecule has 0 bridgehead atoms. The third kappa shape index (κ3) is 7.74. The highest BCUT2D eigenvalue weighted by Gasteiger charge is 2.34. The Morgan fingerprint density at radius 2 is 1.62 bits per heavy atom. The maximum Gasteiger partial charge on any atom is 0.264 e. The lowest BCUT2D eigenvalue weighted by Gasteiger charge is -2.33. The zero-order valence-electron chi connectivity index (χ0n) is 24.6. The monoisotopic (exact) mass is 615 g/mol. The van der Waals surface area contributed by atoms with Crippen LogP contribution in [0.5, 0.6) is 11.5 Å². The molecule has 0 aliphatic rings. The van der Waals surface area contributed by atoms with Gasteiger partial charge in [0.25, 0.3) is 10.0 Å². The summed E-state index contributed by atoms with van der Waals surface area (Å²) in [5.74, 6) is -0.238. The molecule has 42 heavy (non-hydrogen) atoms. The SMILES string of the molecule is CCCNC(=O)[C@H](CC)N(Cc1ccccc1C)C(=O)CN(c1ccc(Cl)cc1)S(=O)(=O)c1ccc(OC)c(OC)c1. The van der Waals surface area contributed by atoms with Crippen LogP contribution in [0.4, 0.5) is 5.69 Å². The number of anilines is 1. The summed E-state index contributed by atoms with van der Waals surface area (Å²) < 4.78 is 39.9. The maximum atomic E-state index is 14.2. The average molecular weight is 616 g/mol.